The summed E-state index contributed by atoms with van der Waals surface area (Å²) < 4.78 is 14.8. The average molecular weight is 433 g/mol. The zero-order valence-electron chi connectivity index (χ0n) is 18.7. The fourth-order valence-corrected chi connectivity index (χ4v) is 4.57. The summed E-state index contributed by atoms with van der Waals surface area (Å²) in [5.74, 6) is 2.67. The Morgan fingerprint density at radius 1 is 1.09 bits per heavy atom. The van der Waals surface area contributed by atoms with Gasteiger partial charge in [0.2, 0.25) is 0 Å². The van der Waals surface area contributed by atoms with E-state index in [4.69, 9.17) is 19.6 Å². The van der Waals surface area contributed by atoms with Crippen LogP contribution in [0.15, 0.2) is 48.9 Å². The maximum absolute atomic E-state index is 5.61. The molecule has 4 heterocycles. The van der Waals surface area contributed by atoms with Crippen molar-refractivity contribution in [1.82, 2.24) is 29.3 Å². The van der Waals surface area contributed by atoms with Crippen molar-refractivity contribution in [2.24, 2.45) is 7.05 Å². The molecule has 0 bridgehead atoms. The van der Waals surface area contributed by atoms with Crippen molar-refractivity contribution >= 4 is 5.65 Å². The number of likely N-dealkylation sites (tertiary alicyclic amines) is 1. The lowest BCUT2D eigenvalue weighted by atomic mass is 9.97. The largest absolute Gasteiger partial charge is 0.493 e. The van der Waals surface area contributed by atoms with Crippen molar-refractivity contribution < 1.29 is 9.47 Å². The first kappa shape index (κ1) is 20.5. The highest BCUT2D eigenvalue weighted by Crippen LogP contribution is 2.37. The number of benzene rings is 1. The lowest BCUT2D eigenvalue weighted by Gasteiger charge is -2.30. The van der Waals surface area contributed by atoms with Gasteiger partial charge in [0.25, 0.3) is 0 Å². The SMILES string of the molecule is COc1cccc(-c2ccc3nc([C@H]4CCCN(Cc5cnn(C)c5)C4)nn3c2)c1OC. The molecule has 8 nitrogen and oxygen atoms in total. The zero-order chi connectivity index (χ0) is 22.1. The normalized spacial score (nSPS) is 17.0. The predicted molar refractivity (Wildman–Crippen MR) is 122 cm³/mol. The topological polar surface area (TPSA) is 69.7 Å². The molecule has 0 spiro atoms. The Hall–Kier alpha value is -3.39. The number of para-hydroxylation sites is 1. The Morgan fingerprint density at radius 2 is 2.00 bits per heavy atom. The molecule has 32 heavy (non-hydrogen) atoms. The van der Waals surface area contributed by atoms with Crippen molar-refractivity contribution in [3.05, 3.63) is 60.3 Å². The maximum atomic E-state index is 5.61. The summed E-state index contributed by atoms with van der Waals surface area (Å²) in [6.07, 6.45) is 8.30. The van der Waals surface area contributed by atoms with Gasteiger partial charge < -0.3 is 9.47 Å². The molecule has 8 heteroatoms. The van der Waals surface area contributed by atoms with Crippen LogP contribution in [0.25, 0.3) is 16.8 Å². The van der Waals surface area contributed by atoms with Crippen molar-refractivity contribution in [1.29, 1.82) is 0 Å². The molecule has 1 atom stereocenters. The molecule has 5 rings (SSSR count). The quantitative estimate of drug-likeness (QED) is 0.464. The van der Waals surface area contributed by atoms with Gasteiger partial charge >= 0.3 is 0 Å². The second kappa shape index (κ2) is 8.63. The second-order valence-corrected chi connectivity index (χ2v) is 8.33. The number of hydrogen-bond acceptors (Lipinski definition) is 6. The molecule has 3 aromatic heterocycles. The van der Waals surface area contributed by atoms with Crippen molar-refractivity contribution in [2.45, 2.75) is 25.3 Å². The lowest BCUT2D eigenvalue weighted by Crippen LogP contribution is -2.34. The van der Waals surface area contributed by atoms with Crippen LogP contribution in [0.5, 0.6) is 11.5 Å². The highest BCUT2D eigenvalue weighted by molar-refractivity contribution is 5.74. The minimum atomic E-state index is 0.329. The van der Waals surface area contributed by atoms with Gasteiger partial charge in [0.1, 0.15) is 0 Å². The van der Waals surface area contributed by atoms with E-state index >= 15 is 0 Å². The molecular formula is C24H28N6O2. The van der Waals surface area contributed by atoms with Gasteiger partial charge in [-0.05, 0) is 37.6 Å². The fraction of sp³-hybridized carbons (Fsp3) is 0.375. The molecule has 0 amide bonds. The van der Waals surface area contributed by atoms with Gasteiger partial charge in [-0.25, -0.2) is 9.50 Å². The summed E-state index contributed by atoms with van der Waals surface area (Å²) in [6.45, 7) is 2.97. The van der Waals surface area contributed by atoms with Gasteiger partial charge in [-0.1, -0.05) is 12.1 Å². The van der Waals surface area contributed by atoms with Crippen molar-refractivity contribution in [2.75, 3.05) is 27.3 Å². The molecule has 0 aliphatic carbocycles. The smallest absolute Gasteiger partial charge is 0.168 e. The Kier molecular flexibility index (Phi) is 5.53. The number of methoxy groups -OCH3 is 2. The molecule has 0 N–H and O–H groups in total. The minimum absolute atomic E-state index is 0.329. The van der Waals surface area contributed by atoms with Gasteiger partial charge in [-0.15, -0.1) is 0 Å². The second-order valence-electron chi connectivity index (χ2n) is 8.33. The van der Waals surface area contributed by atoms with E-state index in [0.29, 0.717) is 17.4 Å². The van der Waals surface area contributed by atoms with E-state index in [1.54, 1.807) is 14.2 Å². The number of piperidine rings is 1. The molecule has 1 aliphatic heterocycles. The van der Waals surface area contributed by atoms with Crippen LogP contribution in [0.4, 0.5) is 0 Å². The number of fused-ring (bicyclic) bond motifs is 1. The molecule has 0 unspecified atom stereocenters. The van der Waals surface area contributed by atoms with Gasteiger partial charge in [0.05, 0.1) is 20.4 Å². The van der Waals surface area contributed by atoms with Gasteiger partial charge in [0, 0.05) is 55.1 Å². The molecule has 1 saturated heterocycles. The number of pyridine rings is 1. The van der Waals surface area contributed by atoms with E-state index in [0.717, 1.165) is 55.1 Å². The van der Waals surface area contributed by atoms with Crippen LogP contribution in [-0.2, 0) is 13.6 Å². The fourth-order valence-electron chi connectivity index (χ4n) is 4.57. The summed E-state index contributed by atoms with van der Waals surface area (Å²) >= 11 is 0. The third-order valence-corrected chi connectivity index (χ3v) is 6.10. The summed E-state index contributed by atoms with van der Waals surface area (Å²) in [7, 11) is 5.27. The Labute approximate surface area is 187 Å². The Morgan fingerprint density at radius 3 is 2.78 bits per heavy atom. The van der Waals surface area contributed by atoms with E-state index in [9.17, 15) is 0 Å². The number of aromatic nitrogens is 5. The number of ether oxygens (including phenoxy) is 2. The average Bonchev–Trinajstić information content (AvgIpc) is 3.43. The molecule has 0 radical (unpaired) electrons. The van der Waals surface area contributed by atoms with Gasteiger partial charge in [-0.3, -0.25) is 9.58 Å². The maximum Gasteiger partial charge on any atom is 0.168 e. The Bertz CT molecular complexity index is 1230. The van der Waals surface area contributed by atoms with E-state index in [-0.39, 0.29) is 0 Å². The van der Waals surface area contributed by atoms with Gasteiger partial charge in [-0.2, -0.15) is 10.2 Å². The number of rotatable bonds is 6. The van der Waals surface area contributed by atoms with Crippen LogP contribution >= 0.6 is 0 Å². The highest BCUT2D eigenvalue weighted by atomic mass is 16.5. The standard InChI is InChI=1S/C24H28N6O2/c1-28-13-17(12-25-28)14-29-11-5-6-19(15-29)24-26-22-10-9-18(16-30(22)27-24)20-7-4-8-21(31-2)23(20)32-3/h4,7-10,12-13,16,19H,5-6,11,14-15H2,1-3H3/t19-/m0/s1. The molecule has 1 fully saturated rings. The third kappa shape index (κ3) is 3.93. The molecule has 1 aliphatic rings. The number of aryl methyl sites for hydroxylation is 1. The molecule has 166 valence electrons. The van der Waals surface area contributed by atoms with Crippen LogP contribution in [-0.4, -0.2) is 56.6 Å². The monoisotopic (exact) mass is 432 g/mol. The van der Waals surface area contributed by atoms with E-state index < -0.39 is 0 Å². The summed E-state index contributed by atoms with van der Waals surface area (Å²) in [5.41, 5.74) is 4.07. The lowest BCUT2D eigenvalue weighted by molar-refractivity contribution is 0.196. The van der Waals surface area contributed by atoms with Crippen LogP contribution in [0.2, 0.25) is 0 Å². The first-order valence-electron chi connectivity index (χ1n) is 10.9. The van der Waals surface area contributed by atoms with Crippen molar-refractivity contribution in [3.8, 4) is 22.6 Å². The first-order valence-corrected chi connectivity index (χ1v) is 10.9. The van der Waals surface area contributed by atoms with Crippen LogP contribution in [0, 0.1) is 0 Å². The van der Waals surface area contributed by atoms with Gasteiger partial charge in [0.15, 0.2) is 23.0 Å². The number of hydrogen-bond donors (Lipinski definition) is 0. The van der Waals surface area contributed by atoms with Crippen LogP contribution < -0.4 is 9.47 Å². The predicted octanol–water partition coefficient (Wildman–Crippen LogP) is 3.53. The van der Waals surface area contributed by atoms with E-state index in [1.807, 2.05) is 52.9 Å². The number of nitrogens with zero attached hydrogens (tertiary/aromatic N) is 6. The van der Waals surface area contributed by atoms with E-state index in [1.165, 1.54) is 5.56 Å². The van der Waals surface area contributed by atoms with Crippen molar-refractivity contribution in [3.63, 3.8) is 0 Å². The first-order chi connectivity index (χ1) is 15.6. The molecule has 1 aromatic carbocycles. The molecule has 0 saturated carbocycles. The summed E-state index contributed by atoms with van der Waals surface area (Å²) in [4.78, 5) is 7.32. The molecular weight excluding hydrogens is 404 g/mol. The summed E-state index contributed by atoms with van der Waals surface area (Å²) in [5, 5.41) is 9.15. The highest BCUT2D eigenvalue weighted by Gasteiger charge is 2.25. The summed E-state index contributed by atoms with van der Waals surface area (Å²) in [6, 6.07) is 9.96. The van der Waals surface area contributed by atoms with Crippen LogP contribution in [0.1, 0.15) is 30.1 Å². The van der Waals surface area contributed by atoms with Crippen LogP contribution in [0.3, 0.4) is 0 Å². The minimum Gasteiger partial charge on any atom is -0.493 e. The van der Waals surface area contributed by atoms with E-state index in [2.05, 4.69) is 22.3 Å². The zero-order valence-corrected chi connectivity index (χ0v) is 18.7. The third-order valence-electron chi connectivity index (χ3n) is 6.10. The Balaban J connectivity index is 1.39. The molecule has 4 aromatic rings.